The maximum atomic E-state index is 12.2. The first-order valence-corrected chi connectivity index (χ1v) is 9.56. The lowest BCUT2D eigenvalue weighted by molar-refractivity contribution is -0.897. The Bertz CT molecular complexity index is 481. The van der Waals surface area contributed by atoms with Crippen molar-refractivity contribution in [3.8, 4) is 0 Å². The predicted molar refractivity (Wildman–Crippen MR) is 87.9 cm³/mol. The van der Waals surface area contributed by atoms with E-state index in [0.717, 1.165) is 23.9 Å². The molecule has 0 aromatic rings. The zero-order chi connectivity index (χ0) is 16.6. The van der Waals surface area contributed by atoms with Crippen LogP contribution in [0.15, 0.2) is 0 Å². The molecular weight excluding hydrogens is 316 g/mol. The average molecular weight is 343 g/mol. The van der Waals surface area contributed by atoms with Gasteiger partial charge in [-0.05, 0) is 19.3 Å². The highest BCUT2D eigenvalue weighted by Crippen LogP contribution is 2.49. The van der Waals surface area contributed by atoms with E-state index in [4.69, 9.17) is 5.11 Å². The van der Waals surface area contributed by atoms with Gasteiger partial charge in [0.2, 0.25) is 5.91 Å². The topological polar surface area (TPSA) is 77.8 Å². The summed E-state index contributed by atoms with van der Waals surface area (Å²) in [6.45, 7) is 3.54. The van der Waals surface area contributed by atoms with Crippen molar-refractivity contribution in [2.45, 2.75) is 48.8 Å². The molecule has 0 saturated carbocycles. The van der Waals surface area contributed by atoms with Gasteiger partial charge in [0, 0.05) is 24.7 Å². The number of carbonyl (C=O) groups excluding carboxylic acids is 1. The third kappa shape index (κ3) is 3.10. The maximum absolute atomic E-state index is 12.2. The van der Waals surface area contributed by atoms with Gasteiger partial charge in [-0.25, -0.2) is 4.79 Å². The summed E-state index contributed by atoms with van der Waals surface area (Å²) in [6, 6.07) is -0.684. The number of nitrogens with zero attached hydrogens (tertiary/aromatic N) is 2. The van der Waals surface area contributed by atoms with E-state index in [2.05, 4.69) is 7.05 Å². The number of aliphatic carboxylic acids is 1. The number of hydrogen-bond acceptors (Lipinski definition) is 4. The molecule has 0 aromatic heterocycles. The molecule has 3 saturated heterocycles. The Kier molecular flexibility index (Phi) is 4.90. The van der Waals surface area contributed by atoms with Crippen molar-refractivity contribution in [3.05, 3.63) is 0 Å². The van der Waals surface area contributed by atoms with Gasteiger partial charge in [-0.1, -0.05) is 0 Å². The summed E-state index contributed by atoms with van der Waals surface area (Å²) in [5.74, 6) is -1.17. The second-order valence-electron chi connectivity index (χ2n) is 7.35. The Hall–Kier alpha value is -0.790. The third-order valence-corrected chi connectivity index (χ3v) is 7.36. The minimum absolute atomic E-state index is 0.0143. The molecule has 3 rings (SSSR count). The van der Waals surface area contributed by atoms with E-state index >= 15 is 0 Å². The molecule has 7 heteroatoms. The first-order valence-electron chi connectivity index (χ1n) is 8.62. The fourth-order valence-electron chi connectivity index (χ4n) is 4.34. The second-order valence-corrected chi connectivity index (χ2v) is 8.71. The van der Waals surface area contributed by atoms with Gasteiger partial charge in [0.05, 0.1) is 38.0 Å². The molecule has 1 amide bonds. The molecule has 3 aliphatic heterocycles. The maximum Gasteiger partial charge on any atom is 0.327 e. The summed E-state index contributed by atoms with van der Waals surface area (Å²) in [4.78, 5) is 25.3. The van der Waals surface area contributed by atoms with Crippen LogP contribution in [0.4, 0.5) is 0 Å². The fraction of sp³-hybridized carbons (Fsp3) is 0.875. The van der Waals surface area contributed by atoms with E-state index in [0.29, 0.717) is 6.42 Å². The summed E-state index contributed by atoms with van der Waals surface area (Å²) in [5, 5.41) is 18.6. The summed E-state index contributed by atoms with van der Waals surface area (Å²) < 4.78 is 1.11. The molecule has 3 aliphatic rings. The molecule has 0 aliphatic carbocycles. The molecule has 0 bridgehead atoms. The Morgan fingerprint density at radius 3 is 2.65 bits per heavy atom. The van der Waals surface area contributed by atoms with Crippen molar-refractivity contribution in [3.63, 3.8) is 0 Å². The summed E-state index contributed by atoms with van der Waals surface area (Å²) in [7, 11) is 2.29. The molecule has 4 atom stereocenters. The van der Waals surface area contributed by atoms with Gasteiger partial charge in [0.15, 0.2) is 0 Å². The minimum Gasteiger partial charge on any atom is -0.480 e. The Balaban J connectivity index is 1.58. The minimum atomic E-state index is -0.887. The number of β-lactam (4-membered cyclic amide) rings is 1. The zero-order valence-electron chi connectivity index (χ0n) is 13.7. The van der Waals surface area contributed by atoms with Crippen molar-refractivity contribution in [1.82, 2.24) is 4.90 Å². The van der Waals surface area contributed by atoms with E-state index in [1.807, 2.05) is 0 Å². The number of hydrogen-bond donors (Lipinski definition) is 2. The molecule has 2 N–H and O–H groups in total. The van der Waals surface area contributed by atoms with Gasteiger partial charge in [-0.2, -0.15) is 0 Å². The average Bonchev–Trinajstić information content (AvgIpc) is 3.07. The molecule has 3 fully saturated rings. The second kappa shape index (κ2) is 6.61. The largest absolute Gasteiger partial charge is 0.480 e. The first kappa shape index (κ1) is 17.0. The lowest BCUT2D eigenvalue weighted by Crippen LogP contribution is -2.61. The number of carboxylic acid groups (broad SMARTS) is 1. The Labute approximate surface area is 141 Å². The molecule has 0 aromatic carbocycles. The van der Waals surface area contributed by atoms with Crippen molar-refractivity contribution < 1.29 is 24.3 Å². The highest BCUT2D eigenvalue weighted by Gasteiger charge is 2.59. The summed E-state index contributed by atoms with van der Waals surface area (Å²) in [5.41, 5.74) is 0. The lowest BCUT2D eigenvalue weighted by atomic mass is 9.91. The van der Waals surface area contributed by atoms with E-state index in [1.165, 1.54) is 25.9 Å². The number of quaternary nitrogens is 1. The van der Waals surface area contributed by atoms with Crippen molar-refractivity contribution in [1.29, 1.82) is 0 Å². The molecule has 2 unspecified atom stereocenters. The van der Waals surface area contributed by atoms with Crippen LogP contribution in [0.5, 0.6) is 0 Å². The number of likely N-dealkylation sites (tertiary alicyclic amines) is 1. The number of aliphatic hydroxyl groups is 1. The monoisotopic (exact) mass is 343 g/mol. The summed E-state index contributed by atoms with van der Waals surface area (Å²) >= 11 is 1.64. The Morgan fingerprint density at radius 1 is 1.35 bits per heavy atom. The van der Waals surface area contributed by atoms with E-state index in [1.54, 1.807) is 16.7 Å². The van der Waals surface area contributed by atoms with E-state index in [-0.39, 0.29) is 29.1 Å². The van der Waals surface area contributed by atoms with Gasteiger partial charge in [-0.3, -0.25) is 4.79 Å². The molecule has 0 radical (unpaired) electrons. The normalized spacial score (nSPS) is 35.2. The molecular formula is C16H27N2O4S+. The number of amides is 1. The predicted octanol–water partition coefficient (Wildman–Crippen LogP) is 0.742. The highest BCUT2D eigenvalue weighted by molar-refractivity contribution is 8.01. The fourth-order valence-corrected chi connectivity index (χ4v) is 6.21. The number of carbonyl (C=O) groups is 2. The Morgan fingerprint density at radius 2 is 2.04 bits per heavy atom. The van der Waals surface area contributed by atoms with Gasteiger partial charge in [-0.15, -0.1) is 11.8 Å². The third-order valence-electron chi connectivity index (χ3n) is 5.68. The smallest absolute Gasteiger partial charge is 0.327 e. The van der Waals surface area contributed by atoms with Crippen LogP contribution in [-0.4, -0.2) is 81.4 Å². The molecule has 130 valence electrons. The number of fused-ring (bicyclic) bond motifs is 1. The van der Waals surface area contributed by atoms with Crippen LogP contribution < -0.4 is 0 Å². The van der Waals surface area contributed by atoms with Crippen molar-refractivity contribution in [2.24, 2.45) is 5.92 Å². The van der Waals surface area contributed by atoms with Gasteiger partial charge in [0.25, 0.3) is 0 Å². The highest BCUT2D eigenvalue weighted by atomic mass is 32.2. The van der Waals surface area contributed by atoms with Crippen molar-refractivity contribution >= 4 is 23.6 Å². The van der Waals surface area contributed by atoms with Crippen molar-refractivity contribution in [2.75, 3.05) is 33.3 Å². The molecule has 6 nitrogen and oxygen atoms in total. The van der Waals surface area contributed by atoms with Crippen LogP contribution in [0.1, 0.15) is 32.1 Å². The van der Waals surface area contributed by atoms with Crippen LogP contribution in [-0.2, 0) is 9.59 Å². The molecule has 23 heavy (non-hydrogen) atoms. The van der Waals surface area contributed by atoms with E-state index in [9.17, 15) is 14.7 Å². The van der Waals surface area contributed by atoms with Crippen LogP contribution in [0.2, 0.25) is 0 Å². The standard InChI is InChI=1S/C16H26N2O4S/c1-18(7-2-3-8-18)9-4-5-12-13(16(21)22)17-14(20)11(6-10-19)15(17)23-12/h11-13,15,19H,2-10H2,1H3/p+1/t11-,12?,13?,15+/m0/s1. The SMILES string of the molecule is C[N+]1(CCCC2S[C@@H]3[C@@H](CCO)C(=O)N3C2C(=O)O)CCCC1. The van der Waals surface area contributed by atoms with Crippen LogP contribution >= 0.6 is 11.8 Å². The number of carboxylic acids is 1. The van der Waals surface area contributed by atoms with Gasteiger partial charge in [0.1, 0.15) is 6.04 Å². The number of thioether (sulfide) groups is 1. The van der Waals surface area contributed by atoms with Gasteiger partial charge >= 0.3 is 5.97 Å². The van der Waals surface area contributed by atoms with Crippen LogP contribution in [0, 0.1) is 5.92 Å². The first-order chi connectivity index (χ1) is 11.0. The van der Waals surface area contributed by atoms with Crippen LogP contribution in [0.25, 0.3) is 0 Å². The van der Waals surface area contributed by atoms with Gasteiger partial charge < -0.3 is 19.6 Å². The molecule has 3 heterocycles. The number of aliphatic hydroxyl groups excluding tert-OH is 1. The zero-order valence-corrected chi connectivity index (χ0v) is 14.5. The lowest BCUT2D eigenvalue weighted by Gasteiger charge is -2.43. The van der Waals surface area contributed by atoms with Crippen LogP contribution in [0.3, 0.4) is 0 Å². The quantitative estimate of drug-likeness (QED) is 0.527. The summed E-state index contributed by atoms with van der Waals surface area (Å²) in [6.07, 6.45) is 4.89. The van der Waals surface area contributed by atoms with E-state index < -0.39 is 12.0 Å². The molecule has 0 spiro atoms. The number of rotatable bonds is 7.